The Morgan fingerprint density at radius 2 is 2.13 bits per heavy atom. The molecule has 0 saturated heterocycles. The third-order valence-electron chi connectivity index (χ3n) is 1.53. The second-order valence-electron chi connectivity index (χ2n) is 2.81. The first-order valence-electron chi connectivity index (χ1n) is 4.15. The van der Waals surface area contributed by atoms with E-state index >= 15 is 0 Å². The summed E-state index contributed by atoms with van der Waals surface area (Å²) in [7, 11) is 0. The third kappa shape index (κ3) is 3.65. The summed E-state index contributed by atoms with van der Waals surface area (Å²) in [5.41, 5.74) is 13.2. The Morgan fingerprint density at radius 3 is 2.73 bits per heavy atom. The van der Waals surface area contributed by atoms with Gasteiger partial charge in [-0.3, -0.25) is 14.4 Å². The van der Waals surface area contributed by atoms with Crippen LogP contribution in [0, 0.1) is 0 Å². The highest BCUT2D eigenvalue weighted by molar-refractivity contribution is 5.94. The average molecular weight is 209 g/mol. The topological polar surface area (TPSA) is 107 Å². The number of nitrogens with two attached hydrogens (primary N) is 2. The van der Waals surface area contributed by atoms with Crippen LogP contribution < -0.4 is 16.9 Å². The minimum atomic E-state index is -0.664. The van der Waals surface area contributed by atoms with Crippen LogP contribution in [-0.2, 0) is 9.63 Å². The van der Waals surface area contributed by atoms with Crippen molar-refractivity contribution in [2.24, 2.45) is 5.73 Å². The molecular weight excluding hydrogens is 198 g/mol. The molecule has 0 unspecified atom stereocenters. The molecule has 0 fully saturated rings. The van der Waals surface area contributed by atoms with Crippen LogP contribution in [0.2, 0.25) is 0 Å². The summed E-state index contributed by atoms with van der Waals surface area (Å²) < 4.78 is 0. The van der Waals surface area contributed by atoms with Gasteiger partial charge < -0.3 is 11.5 Å². The van der Waals surface area contributed by atoms with E-state index in [-0.39, 0.29) is 6.61 Å². The minimum absolute atomic E-state index is 0.347. The number of nitrogens with one attached hydrogen (secondary N) is 1. The molecule has 6 nitrogen and oxygen atoms in total. The lowest BCUT2D eigenvalue weighted by Crippen LogP contribution is -2.29. The van der Waals surface area contributed by atoms with Gasteiger partial charge in [0.25, 0.3) is 5.91 Å². The van der Waals surface area contributed by atoms with Crippen LogP contribution in [0.25, 0.3) is 0 Å². The van der Waals surface area contributed by atoms with Crippen LogP contribution in [0.1, 0.15) is 10.4 Å². The van der Waals surface area contributed by atoms with E-state index in [0.29, 0.717) is 11.3 Å². The first-order valence-corrected chi connectivity index (χ1v) is 4.15. The summed E-state index contributed by atoms with van der Waals surface area (Å²) in [6.45, 7) is -0.367. The molecule has 0 spiro atoms. The highest BCUT2D eigenvalue weighted by atomic mass is 16.7. The summed E-state index contributed by atoms with van der Waals surface area (Å²) in [4.78, 5) is 26.2. The summed E-state index contributed by atoms with van der Waals surface area (Å²) in [5.74, 6) is -1.15. The van der Waals surface area contributed by atoms with Gasteiger partial charge in [0.2, 0.25) is 5.91 Å². The average Bonchev–Trinajstić information content (AvgIpc) is 2.17. The van der Waals surface area contributed by atoms with Crippen molar-refractivity contribution in [2.75, 3.05) is 12.3 Å². The molecule has 0 heterocycles. The van der Waals surface area contributed by atoms with E-state index in [0.717, 1.165) is 0 Å². The predicted molar refractivity (Wildman–Crippen MR) is 53.5 cm³/mol. The van der Waals surface area contributed by atoms with Crippen molar-refractivity contribution in [2.45, 2.75) is 0 Å². The number of carbonyl (C=O) groups excluding carboxylic acids is 2. The van der Waals surface area contributed by atoms with Gasteiger partial charge in [0.15, 0.2) is 6.61 Å². The van der Waals surface area contributed by atoms with Gasteiger partial charge >= 0.3 is 0 Å². The van der Waals surface area contributed by atoms with E-state index in [1.165, 1.54) is 6.07 Å². The molecule has 1 rings (SSSR count). The lowest BCUT2D eigenvalue weighted by Gasteiger charge is -2.04. The fraction of sp³-hybridized carbons (Fsp3) is 0.111. The molecule has 0 saturated carbocycles. The predicted octanol–water partition coefficient (Wildman–Crippen LogP) is -0.584. The molecule has 5 N–H and O–H groups in total. The summed E-state index contributed by atoms with van der Waals surface area (Å²) in [5, 5.41) is 0. The molecule has 15 heavy (non-hydrogen) atoms. The zero-order valence-corrected chi connectivity index (χ0v) is 7.90. The number of carbonyl (C=O) groups is 2. The Kier molecular flexibility index (Phi) is 3.64. The van der Waals surface area contributed by atoms with Crippen molar-refractivity contribution >= 4 is 17.5 Å². The standard InChI is InChI=1S/C9H11N3O3/c10-7-3-1-2-6(4-7)9(14)12-15-5-8(11)13/h1-4H,5,10H2,(H2,11,13)(H,12,14). The van der Waals surface area contributed by atoms with Crippen LogP contribution in [0.5, 0.6) is 0 Å². The Bertz CT molecular complexity index is 379. The Hall–Kier alpha value is -2.08. The highest BCUT2D eigenvalue weighted by Crippen LogP contribution is 2.05. The van der Waals surface area contributed by atoms with Crippen LogP contribution in [-0.4, -0.2) is 18.4 Å². The van der Waals surface area contributed by atoms with Crippen LogP contribution in [0.15, 0.2) is 24.3 Å². The molecule has 6 heteroatoms. The smallest absolute Gasteiger partial charge is 0.274 e. The van der Waals surface area contributed by atoms with E-state index in [1.54, 1.807) is 18.2 Å². The Morgan fingerprint density at radius 1 is 1.40 bits per heavy atom. The van der Waals surface area contributed by atoms with E-state index in [9.17, 15) is 9.59 Å². The van der Waals surface area contributed by atoms with Gasteiger partial charge in [0.05, 0.1) is 0 Å². The van der Waals surface area contributed by atoms with Crippen molar-refractivity contribution in [3.8, 4) is 0 Å². The molecule has 80 valence electrons. The van der Waals surface area contributed by atoms with E-state index < -0.39 is 11.8 Å². The van der Waals surface area contributed by atoms with Crippen molar-refractivity contribution in [3.63, 3.8) is 0 Å². The quantitative estimate of drug-likeness (QED) is 0.455. The van der Waals surface area contributed by atoms with Gasteiger partial charge in [-0.05, 0) is 18.2 Å². The zero-order valence-electron chi connectivity index (χ0n) is 7.90. The summed E-state index contributed by atoms with van der Waals surface area (Å²) >= 11 is 0. The number of hydrogen-bond donors (Lipinski definition) is 3. The van der Waals surface area contributed by atoms with Crippen molar-refractivity contribution < 1.29 is 14.4 Å². The zero-order chi connectivity index (χ0) is 11.3. The largest absolute Gasteiger partial charge is 0.399 e. The van der Waals surface area contributed by atoms with Gasteiger partial charge in [-0.15, -0.1) is 0 Å². The molecule has 1 aromatic rings. The monoisotopic (exact) mass is 209 g/mol. The second-order valence-corrected chi connectivity index (χ2v) is 2.81. The van der Waals surface area contributed by atoms with Crippen molar-refractivity contribution in [3.05, 3.63) is 29.8 Å². The normalized spacial score (nSPS) is 9.60. The van der Waals surface area contributed by atoms with E-state index in [2.05, 4.69) is 10.3 Å². The molecule has 0 aliphatic rings. The van der Waals surface area contributed by atoms with E-state index in [4.69, 9.17) is 11.5 Å². The summed E-state index contributed by atoms with van der Waals surface area (Å²) in [6, 6.07) is 6.35. The van der Waals surface area contributed by atoms with Crippen molar-refractivity contribution in [1.29, 1.82) is 0 Å². The number of anilines is 1. The first kappa shape index (κ1) is 11.0. The van der Waals surface area contributed by atoms with Crippen LogP contribution in [0.3, 0.4) is 0 Å². The van der Waals surface area contributed by atoms with Gasteiger partial charge in [-0.25, -0.2) is 5.48 Å². The third-order valence-corrected chi connectivity index (χ3v) is 1.53. The van der Waals surface area contributed by atoms with Gasteiger partial charge in [0, 0.05) is 11.3 Å². The number of benzene rings is 1. The fourth-order valence-electron chi connectivity index (χ4n) is 0.912. The number of hydrogen-bond acceptors (Lipinski definition) is 4. The number of amides is 2. The molecule has 0 radical (unpaired) electrons. The maximum atomic E-state index is 11.3. The lowest BCUT2D eigenvalue weighted by molar-refractivity contribution is -0.124. The molecular formula is C9H11N3O3. The van der Waals surface area contributed by atoms with E-state index in [1.807, 2.05) is 0 Å². The molecule has 2 amide bonds. The number of hydroxylamine groups is 1. The molecule has 0 aromatic heterocycles. The molecule has 1 aromatic carbocycles. The molecule has 0 aliphatic heterocycles. The van der Waals surface area contributed by atoms with Gasteiger partial charge in [0.1, 0.15) is 0 Å². The van der Waals surface area contributed by atoms with Crippen LogP contribution in [0.4, 0.5) is 5.69 Å². The van der Waals surface area contributed by atoms with Gasteiger partial charge in [-0.1, -0.05) is 6.07 Å². The maximum Gasteiger partial charge on any atom is 0.274 e. The maximum absolute atomic E-state index is 11.3. The number of nitrogen functional groups attached to an aromatic ring is 1. The first-order chi connectivity index (χ1) is 7.09. The number of rotatable bonds is 4. The number of primary amides is 1. The van der Waals surface area contributed by atoms with Crippen molar-refractivity contribution in [1.82, 2.24) is 5.48 Å². The minimum Gasteiger partial charge on any atom is -0.399 e. The SMILES string of the molecule is NC(=O)CONC(=O)c1cccc(N)c1. The molecule has 0 atom stereocenters. The lowest BCUT2D eigenvalue weighted by atomic mass is 10.2. The Labute approximate surface area is 86.1 Å². The second kappa shape index (κ2) is 4.97. The Balaban J connectivity index is 2.50. The highest BCUT2D eigenvalue weighted by Gasteiger charge is 2.05. The fourth-order valence-corrected chi connectivity index (χ4v) is 0.912. The van der Waals surface area contributed by atoms with Gasteiger partial charge in [-0.2, -0.15) is 0 Å². The molecule has 0 bridgehead atoms. The van der Waals surface area contributed by atoms with Crippen LogP contribution >= 0.6 is 0 Å². The molecule has 0 aliphatic carbocycles. The summed E-state index contributed by atoms with van der Waals surface area (Å²) in [6.07, 6.45) is 0.